The minimum absolute atomic E-state index is 0.130. The maximum atomic E-state index is 6.06. The topological polar surface area (TPSA) is 25.6 Å². The van der Waals surface area contributed by atoms with Crippen LogP contribution in [-0.4, -0.2) is 18.1 Å². The van der Waals surface area contributed by atoms with E-state index in [0.29, 0.717) is 6.61 Å². The van der Waals surface area contributed by atoms with Gasteiger partial charge in [0.05, 0.1) is 18.9 Å². The fourth-order valence-corrected chi connectivity index (χ4v) is 3.10. The molecular weight excluding hydrogens is 274 g/mol. The molecule has 2 aliphatic rings. The molecule has 2 aromatic rings. The van der Waals surface area contributed by atoms with Gasteiger partial charge in [-0.3, -0.25) is 4.90 Å². The second kappa shape index (κ2) is 6.27. The summed E-state index contributed by atoms with van der Waals surface area (Å²) in [6, 6.07) is 14.7. The van der Waals surface area contributed by atoms with Crippen LogP contribution >= 0.6 is 0 Å². The lowest BCUT2D eigenvalue weighted by molar-refractivity contribution is 0.0150. The van der Waals surface area contributed by atoms with Gasteiger partial charge in [-0.1, -0.05) is 30.3 Å². The predicted molar refractivity (Wildman–Crippen MR) is 83.7 cm³/mol. The Morgan fingerprint density at radius 3 is 2.55 bits per heavy atom. The van der Waals surface area contributed by atoms with Gasteiger partial charge in [0.1, 0.15) is 5.76 Å². The monoisotopic (exact) mass is 292 g/mol. The molecule has 0 bridgehead atoms. The van der Waals surface area contributed by atoms with Crippen molar-refractivity contribution in [2.24, 2.45) is 0 Å². The van der Waals surface area contributed by atoms with Crippen molar-refractivity contribution < 1.29 is 9.15 Å². The van der Waals surface area contributed by atoms with Crippen molar-refractivity contribution in [1.82, 2.24) is 4.90 Å². The molecular formula is C19H18NO2. The Hall–Kier alpha value is -1.58. The van der Waals surface area contributed by atoms with Crippen molar-refractivity contribution in [3.8, 4) is 0 Å². The minimum atomic E-state index is -0.130. The molecule has 1 aliphatic heterocycles. The van der Waals surface area contributed by atoms with E-state index in [9.17, 15) is 0 Å². The Bertz CT molecular complexity index is 575. The molecule has 3 nitrogen and oxygen atoms in total. The van der Waals surface area contributed by atoms with Gasteiger partial charge in [-0.2, -0.15) is 0 Å². The Labute approximate surface area is 131 Å². The average molecular weight is 292 g/mol. The molecule has 1 aromatic heterocycles. The maximum absolute atomic E-state index is 6.06. The molecule has 0 N–H and O–H groups in total. The number of hydrogen-bond donors (Lipinski definition) is 0. The summed E-state index contributed by atoms with van der Waals surface area (Å²) in [5.41, 5.74) is 1.28. The summed E-state index contributed by atoms with van der Waals surface area (Å²) in [6.45, 7) is 1.52. The quantitative estimate of drug-likeness (QED) is 0.858. The molecule has 22 heavy (non-hydrogen) atoms. The number of benzene rings is 1. The fraction of sp³-hybridized carbons (Fsp3) is 0.211. The van der Waals surface area contributed by atoms with Gasteiger partial charge < -0.3 is 9.15 Å². The smallest absolute Gasteiger partial charge is 0.170 e. The molecule has 2 atom stereocenters. The summed E-state index contributed by atoms with van der Waals surface area (Å²) in [4.78, 5) is 2.36. The van der Waals surface area contributed by atoms with E-state index >= 15 is 0 Å². The lowest BCUT2D eigenvalue weighted by Crippen LogP contribution is -2.31. The normalized spacial score (nSPS) is 26.7. The van der Waals surface area contributed by atoms with Crippen LogP contribution in [-0.2, 0) is 4.74 Å². The van der Waals surface area contributed by atoms with Crippen LogP contribution in [0.15, 0.2) is 53.1 Å². The zero-order chi connectivity index (χ0) is 14.8. The molecule has 0 spiro atoms. The fourth-order valence-electron chi connectivity index (χ4n) is 3.10. The largest absolute Gasteiger partial charge is 0.465 e. The summed E-state index contributed by atoms with van der Waals surface area (Å²) < 4.78 is 11.6. The molecule has 0 unspecified atom stereocenters. The summed E-state index contributed by atoms with van der Waals surface area (Å²) in [5, 5.41) is 0. The Kier molecular flexibility index (Phi) is 4.00. The average Bonchev–Trinajstić information content (AvgIpc) is 3.30. The van der Waals surface area contributed by atoms with E-state index in [0.717, 1.165) is 12.3 Å². The third-order valence-electron chi connectivity index (χ3n) is 4.18. The molecule has 3 heteroatoms. The molecule has 1 aliphatic carbocycles. The SMILES string of the molecule is [CH]1[CH][CH][C](CN2[C@@H](c3ccco3)OC[C@H]2c2ccccc2)[CH]1. The number of nitrogens with zero attached hydrogens (tertiary/aromatic N) is 1. The van der Waals surface area contributed by atoms with E-state index < -0.39 is 0 Å². The van der Waals surface area contributed by atoms with Gasteiger partial charge in [0.2, 0.25) is 0 Å². The number of ether oxygens (including phenoxy) is 1. The zero-order valence-corrected chi connectivity index (χ0v) is 12.3. The standard InChI is InChI=1S/C19H18NO2/c1-2-9-16(10-3-1)17-14-22-19(18-11-6-12-21-18)20(17)13-15-7-4-5-8-15/h1-12,17,19H,13-14H2/t17-,19+/m0/s1. The molecule has 1 saturated heterocycles. The predicted octanol–water partition coefficient (Wildman–Crippen LogP) is 3.76. The number of furan rings is 1. The summed E-state index contributed by atoms with van der Waals surface area (Å²) in [7, 11) is 0. The van der Waals surface area contributed by atoms with Crippen LogP contribution in [0.4, 0.5) is 0 Å². The second-order valence-corrected chi connectivity index (χ2v) is 5.59. The highest BCUT2D eigenvalue weighted by molar-refractivity contribution is 5.36. The highest BCUT2D eigenvalue weighted by atomic mass is 16.5. The van der Waals surface area contributed by atoms with Gasteiger partial charge in [-0.15, -0.1) is 0 Å². The molecule has 1 saturated carbocycles. The van der Waals surface area contributed by atoms with E-state index in [1.54, 1.807) is 6.26 Å². The van der Waals surface area contributed by atoms with Gasteiger partial charge in [0.25, 0.3) is 0 Å². The van der Waals surface area contributed by atoms with E-state index in [2.05, 4.69) is 54.8 Å². The minimum Gasteiger partial charge on any atom is -0.465 e. The first-order valence-corrected chi connectivity index (χ1v) is 7.58. The number of rotatable bonds is 4. The van der Waals surface area contributed by atoms with Gasteiger partial charge in [-0.25, -0.2) is 0 Å². The van der Waals surface area contributed by atoms with Crippen molar-refractivity contribution in [3.63, 3.8) is 0 Å². The van der Waals surface area contributed by atoms with Gasteiger partial charge in [0.15, 0.2) is 6.23 Å². The first-order valence-electron chi connectivity index (χ1n) is 7.58. The van der Waals surface area contributed by atoms with E-state index in [1.165, 1.54) is 11.5 Å². The zero-order valence-electron chi connectivity index (χ0n) is 12.3. The second-order valence-electron chi connectivity index (χ2n) is 5.59. The van der Waals surface area contributed by atoms with Gasteiger partial charge in [-0.05, 0) is 49.3 Å². The lowest BCUT2D eigenvalue weighted by atomic mass is 10.0. The van der Waals surface area contributed by atoms with Crippen LogP contribution in [0.1, 0.15) is 23.6 Å². The van der Waals surface area contributed by atoms with Gasteiger partial charge in [0, 0.05) is 6.54 Å². The van der Waals surface area contributed by atoms with Crippen molar-refractivity contribution in [3.05, 3.63) is 91.7 Å². The maximum Gasteiger partial charge on any atom is 0.170 e. The highest BCUT2D eigenvalue weighted by Gasteiger charge is 2.39. The van der Waals surface area contributed by atoms with Crippen LogP contribution in [0, 0.1) is 31.6 Å². The Morgan fingerprint density at radius 1 is 1.00 bits per heavy atom. The molecule has 5 radical (unpaired) electrons. The summed E-state index contributed by atoms with van der Waals surface area (Å²) >= 11 is 0. The van der Waals surface area contributed by atoms with E-state index in [4.69, 9.17) is 9.15 Å². The third kappa shape index (κ3) is 2.71. The molecule has 2 heterocycles. The first-order chi connectivity index (χ1) is 10.9. The Balaban J connectivity index is 1.60. The first kappa shape index (κ1) is 14.0. The van der Waals surface area contributed by atoms with Crippen LogP contribution in [0.2, 0.25) is 0 Å². The van der Waals surface area contributed by atoms with Crippen LogP contribution < -0.4 is 0 Å². The Morgan fingerprint density at radius 2 is 1.82 bits per heavy atom. The lowest BCUT2D eigenvalue weighted by Gasteiger charge is -2.29. The summed E-state index contributed by atoms with van der Waals surface area (Å²) in [6.07, 6.45) is 10.0. The van der Waals surface area contributed by atoms with Gasteiger partial charge >= 0.3 is 0 Å². The van der Waals surface area contributed by atoms with Crippen molar-refractivity contribution in [2.45, 2.75) is 12.3 Å². The molecule has 111 valence electrons. The molecule has 4 rings (SSSR count). The molecule has 1 aromatic carbocycles. The summed E-state index contributed by atoms with van der Waals surface area (Å²) in [5.74, 6) is 2.16. The van der Waals surface area contributed by atoms with Crippen molar-refractivity contribution in [2.75, 3.05) is 13.2 Å². The van der Waals surface area contributed by atoms with Crippen molar-refractivity contribution in [1.29, 1.82) is 0 Å². The molecule has 0 amide bonds. The van der Waals surface area contributed by atoms with Crippen LogP contribution in [0.25, 0.3) is 0 Å². The van der Waals surface area contributed by atoms with E-state index in [-0.39, 0.29) is 12.3 Å². The van der Waals surface area contributed by atoms with Crippen LogP contribution in [0.5, 0.6) is 0 Å². The highest BCUT2D eigenvalue weighted by Crippen LogP contribution is 2.40. The van der Waals surface area contributed by atoms with Crippen LogP contribution in [0.3, 0.4) is 0 Å². The third-order valence-corrected chi connectivity index (χ3v) is 4.18. The number of hydrogen-bond acceptors (Lipinski definition) is 3. The van der Waals surface area contributed by atoms with E-state index in [1.807, 2.05) is 18.2 Å². The van der Waals surface area contributed by atoms with Crippen molar-refractivity contribution >= 4 is 0 Å². The molecule has 2 fully saturated rings.